The highest BCUT2D eigenvalue weighted by Crippen LogP contribution is 2.36. The van der Waals surface area contributed by atoms with Crippen LogP contribution < -0.4 is 5.32 Å². The summed E-state index contributed by atoms with van der Waals surface area (Å²) in [6.07, 6.45) is -0.791. The van der Waals surface area contributed by atoms with E-state index in [0.717, 1.165) is 37.8 Å². The van der Waals surface area contributed by atoms with Gasteiger partial charge in [0.25, 0.3) is 5.69 Å². The Bertz CT molecular complexity index is 523. The van der Waals surface area contributed by atoms with Crippen molar-refractivity contribution in [3.63, 3.8) is 0 Å². The molecule has 0 atom stereocenters. The van der Waals surface area contributed by atoms with Gasteiger partial charge in [-0.2, -0.15) is 13.2 Å². The third kappa shape index (κ3) is 3.86. The molecule has 0 unspecified atom stereocenters. The first-order valence-corrected chi connectivity index (χ1v) is 6.89. The van der Waals surface area contributed by atoms with Crippen molar-refractivity contribution in [2.75, 3.05) is 5.32 Å². The van der Waals surface area contributed by atoms with Crippen LogP contribution in [0.3, 0.4) is 0 Å². The average Bonchev–Trinajstić information content (AvgIpc) is 2.40. The minimum atomic E-state index is -4.58. The van der Waals surface area contributed by atoms with Gasteiger partial charge in [0.15, 0.2) is 0 Å². The Kier molecular flexibility index (Phi) is 4.39. The number of nitrogens with one attached hydrogen (secondary N) is 1. The second kappa shape index (κ2) is 5.91. The van der Waals surface area contributed by atoms with E-state index in [9.17, 15) is 23.3 Å². The molecule has 2 rings (SSSR count). The van der Waals surface area contributed by atoms with Gasteiger partial charge in [-0.15, -0.1) is 0 Å². The molecule has 0 spiro atoms. The first kappa shape index (κ1) is 15.6. The van der Waals surface area contributed by atoms with Gasteiger partial charge in [-0.3, -0.25) is 10.1 Å². The number of benzene rings is 1. The molecule has 1 fully saturated rings. The number of nitro groups is 1. The average molecular weight is 302 g/mol. The summed E-state index contributed by atoms with van der Waals surface area (Å²) >= 11 is 0. The molecule has 1 saturated carbocycles. The number of alkyl halides is 3. The molecule has 7 heteroatoms. The molecule has 21 heavy (non-hydrogen) atoms. The van der Waals surface area contributed by atoms with E-state index in [1.807, 2.05) is 0 Å². The summed E-state index contributed by atoms with van der Waals surface area (Å²) in [7, 11) is 0. The van der Waals surface area contributed by atoms with E-state index < -0.39 is 22.4 Å². The standard InChI is InChI=1S/C14H17F3N2O2/c1-9-2-5-11(6-3-9)18-12-7-4-10(14(15,16)17)8-13(12)19(20)21/h4,7-9,11,18H,2-3,5-6H2,1H3. The number of halogens is 3. The van der Waals surface area contributed by atoms with Gasteiger partial charge < -0.3 is 5.32 Å². The molecule has 0 aliphatic heterocycles. The molecule has 0 amide bonds. The third-order valence-electron chi connectivity index (χ3n) is 3.90. The molecular weight excluding hydrogens is 285 g/mol. The molecule has 0 heterocycles. The predicted molar refractivity (Wildman–Crippen MR) is 73.1 cm³/mol. The molecule has 4 nitrogen and oxygen atoms in total. The molecule has 0 aromatic heterocycles. The summed E-state index contributed by atoms with van der Waals surface area (Å²) in [5.74, 6) is 0.630. The van der Waals surface area contributed by atoms with E-state index in [1.54, 1.807) is 0 Å². The Morgan fingerprint density at radius 1 is 1.24 bits per heavy atom. The molecule has 1 aliphatic carbocycles. The van der Waals surface area contributed by atoms with Crippen molar-refractivity contribution in [1.29, 1.82) is 0 Å². The number of nitrogens with zero attached hydrogens (tertiary/aromatic N) is 1. The maximum Gasteiger partial charge on any atom is 0.416 e. The summed E-state index contributed by atoms with van der Waals surface area (Å²) in [5.41, 5.74) is -1.37. The molecule has 1 N–H and O–H groups in total. The Hall–Kier alpha value is -1.79. The van der Waals surface area contributed by atoms with E-state index in [-0.39, 0.29) is 11.7 Å². The van der Waals surface area contributed by atoms with Crippen molar-refractivity contribution in [3.8, 4) is 0 Å². The topological polar surface area (TPSA) is 55.2 Å². The van der Waals surface area contributed by atoms with Gasteiger partial charge in [-0.05, 0) is 43.7 Å². The maximum absolute atomic E-state index is 12.6. The number of rotatable bonds is 3. The largest absolute Gasteiger partial charge is 0.416 e. The predicted octanol–water partition coefficient (Wildman–Crippen LogP) is 4.60. The van der Waals surface area contributed by atoms with E-state index >= 15 is 0 Å². The lowest BCUT2D eigenvalue weighted by Crippen LogP contribution is -2.25. The van der Waals surface area contributed by atoms with Gasteiger partial charge >= 0.3 is 6.18 Å². The fraction of sp³-hybridized carbons (Fsp3) is 0.571. The number of hydrogen-bond acceptors (Lipinski definition) is 3. The van der Waals surface area contributed by atoms with Crippen molar-refractivity contribution >= 4 is 11.4 Å². The van der Waals surface area contributed by atoms with Crippen LogP contribution in [-0.4, -0.2) is 11.0 Å². The molecule has 0 radical (unpaired) electrons. The molecule has 1 aromatic carbocycles. The van der Waals surface area contributed by atoms with E-state index in [1.165, 1.54) is 0 Å². The molecule has 0 saturated heterocycles. The highest BCUT2D eigenvalue weighted by atomic mass is 19.4. The minimum absolute atomic E-state index is 0.0802. The summed E-state index contributed by atoms with van der Waals surface area (Å²) in [4.78, 5) is 10.2. The molecule has 116 valence electrons. The minimum Gasteiger partial charge on any atom is -0.377 e. The van der Waals surface area contributed by atoms with Crippen LogP contribution in [0.15, 0.2) is 18.2 Å². The van der Waals surface area contributed by atoms with Crippen LogP contribution >= 0.6 is 0 Å². The van der Waals surface area contributed by atoms with Crippen LogP contribution in [0, 0.1) is 16.0 Å². The normalized spacial score (nSPS) is 22.9. The number of anilines is 1. The van der Waals surface area contributed by atoms with Crippen LogP contribution in [0.5, 0.6) is 0 Å². The zero-order valence-corrected chi connectivity index (χ0v) is 11.6. The smallest absolute Gasteiger partial charge is 0.377 e. The van der Waals surface area contributed by atoms with Gasteiger partial charge in [0.1, 0.15) is 5.69 Å². The zero-order valence-electron chi connectivity index (χ0n) is 11.6. The van der Waals surface area contributed by atoms with Gasteiger partial charge in [0, 0.05) is 12.1 Å². The van der Waals surface area contributed by atoms with Crippen LogP contribution in [0.25, 0.3) is 0 Å². The maximum atomic E-state index is 12.6. The van der Waals surface area contributed by atoms with Crippen molar-refractivity contribution in [2.24, 2.45) is 5.92 Å². The number of hydrogen-bond donors (Lipinski definition) is 1. The lowest BCUT2D eigenvalue weighted by atomic mass is 9.87. The fourth-order valence-electron chi connectivity index (χ4n) is 2.61. The molecule has 1 aromatic rings. The highest BCUT2D eigenvalue weighted by Gasteiger charge is 2.33. The highest BCUT2D eigenvalue weighted by molar-refractivity contribution is 5.63. The second-order valence-electron chi connectivity index (χ2n) is 5.59. The Morgan fingerprint density at radius 3 is 2.38 bits per heavy atom. The molecule has 1 aliphatic rings. The lowest BCUT2D eigenvalue weighted by molar-refractivity contribution is -0.384. The first-order chi connectivity index (χ1) is 9.77. The van der Waals surface area contributed by atoms with Gasteiger partial charge in [0.2, 0.25) is 0 Å². The second-order valence-corrected chi connectivity index (χ2v) is 5.59. The monoisotopic (exact) mass is 302 g/mol. The van der Waals surface area contributed by atoms with Crippen molar-refractivity contribution in [3.05, 3.63) is 33.9 Å². The van der Waals surface area contributed by atoms with Gasteiger partial charge in [-0.25, -0.2) is 0 Å². The summed E-state index contributed by atoms with van der Waals surface area (Å²) in [5, 5.41) is 14.0. The Labute approximate surface area is 120 Å². The van der Waals surface area contributed by atoms with Crippen LogP contribution in [-0.2, 0) is 6.18 Å². The lowest BCUT2D eigenvalue weighted by Gasteiger charge is -2.27. The van der Waals surface area contributed by atoms with Crippen molar-refractivity contribution in [2.45, 2.75) is 44.8 Å². The van der Waals surface area contributed by atoms with Gasteiger partial charge in [0.05, 0.1) is 10.5 Å². The summed E-state index contributed by atoms with van der Waals surface area (Å²) in [6, 6.07) is 2.70. The van der Waals surface area contributed by atoms with Gasteiger partial charge in [-0.1, -0.05) is 6.92 Å². The van der Waals surface area contributed by atoms with Crippen molar-refractivity contribution < 1.29 is 18.1 Å². The van der Waals surface area contributed by atoms with E-state index in [4.69, 9.17) is 0 Å². The Balaban J connectivity index is 2.21. The fourth-order valence-corrected chi connectivity index (χ4v) is 2.61. The van der Waals surface area contributed by atoms with Crippen LogP contribution in [0.1, 0.15) is 38.2 Å². The SMILES string of the molecule is CC1CCC(Nc2ccc(C(F)(F)F)cc2[N+](=O)[O-])CC1. The van der Waals surface area contributed by atoms with E-state index in [0.29, 0.717) is 12.0 Å². The first-order valence-electron chi connectivity index (χ1n) is 6.89. The number of nitro benzene ring substituents is 1. The quantitative estimate of drug-likeness (QED) is 0.655. The third-order valence-corrected chi connectivity index (χ3v) is 3.90. The molecule has 0 bridgehead atoms. The summed E-state index contributed by atoms with van der Waals surface area (Å²) in [6.45, 7) is 2.15. The van der Waals surface area contributed by atoms with Crippen LogP contribution in [0.4, 0.5) is 24.5 Å². The zero-order chi connectivity index (χ0) is 15.6. The van der Waals surface area contributed by atoms with E-state index in [2.05, 4.69) is 12.2 Å². The van der Waals surface area contributed by atoms with Crippen LogP contribution in [0.2, 0.25) is 0 Å². The summed E-state index contributed by atoms with van der Waals surface area (Å²) < 4.78 is 37.9. The Morgan fingerprint density at radius 2 is 1.86 bits per heavy atom. The molecular formula is C14H17F3N2O2. The van der Waals surface area contributed by atoms with Crippen molar-refractivity contribution in [1.82, 2.24) is 0 Å².